The van der Waals surface area contributed by atoms with Crippen LogP contribution >= 0.6 is 0 Å². The topological polar surface area (TPSA) is 224 Å². The molecule has 1 N–H and O–H groups in total. The molecular formula is C43H46N2O12S3-2. The third kappa shape index (κ3) is 9.99. The van der Waals surface area contributed by atoms with Crippen LogP contribution in [-0.2, 0) is 40.6 Å². The van der Waals surface area contributed by atoms with E-state index in [1.54, 1.807) is 16.7 Å². The molecule has 60 heavy (non-hydrogen) atoms. The first kappa shape index (κ1) is 44.6. The van der Waals surface area contributed by atoms with Gasteiger partial charge < -0.3 is 28.4 Å². The number of anilines is 1. The van der Waals surface area contributed by atoms with Crippen molar-refractivity contribution in [2.45, 2.75) is 75.6 Å². The van der Waals surface area contributed by atoms with Crippen molar-refractivity contribution in [1.29, 1.82) is 0 Å². The zero-order valence-corrected chi connectivity index (χ0v) is 36.0. The summed E-state index contributed by atoms with van der Waals surface area (Å²) in [6.45, 7) is 8.15. The molecule has 0 saturated carbocycles. The molecule has 0 amide bonds. The summed E-state index contributed by atoms with van der Waals surface area (Å²) in [4.78, 5) is 13.2. The highest BCUT2D eigenvalue weighted by Gasteiger charge is 2.47. The fourth-order valence-electron chi connectivity index (χ4n) is 8.40. The van der Waals surface area contributed by atoms with Crippen LogP contribution in [-0.4, -0.2) is 90.4 Å². The minimum absolute atomic E-state index is 0.0444. The Balaban J connectivity index is 1.50. The zero-order chi connectivity index (χ0) is 43.8. The highest BCUT2D eigenvalue weighted by Crippen LogP contribution is 2.48. The molecule has 17 heteroatoms. The van der Waals surface area contributed by atoms with Crippen molar-refractivity contribution < 1.29 is 58.1 Å². The van der Waals surface area contributed by atoms with E-state index in [-0.39, 0.29) is 38.6 Å². The maximum atomic E-state index is 12.2. The van der Waals surface area contributed by atoms with Crippen molar-refractivity contribution in [3.8, 4) is 5.75 Å². The molecular weight excluding hydrogens is 833 g/mol. The number of carboxylic acid groups (broad SMARTS) is 1. The minimum atomic E-state index is -4.88. The summed E-state index contributed by atoms with van der Waals surface area (Å²) in [5.74, 6) is -1.12. The second-order valence-corrected chi connectivity index (χ2v) is 20.4. The van der Waals surface area contributed by atoms with Gasteiger partial charge in [0.15, 0.2) is 5.71 Å². The zero-order valence-electron chi connectivity index (χ0n) is 33.6. The monoisotopic (exact) mass is 878 g/mol. The van der Waals surface area contributed by atoms with Crippen LogP contribution in [0, 0.1) is 0 Å². The standard InChI is InChI=1S/C43H48N2O12S3/c1-29-28-42(2,3)45(21-11-23-59(51,52)53)37-27-39-34(26-33(29)37)31(24-38(57-39)30-12-6-5-7-13-30)14-8-15-40-43(4,19-9-16-41(46)47)35-25-32(60(54,55)56)17-18-36(35)44(40)20-10-22-58(48,49)50/h5-8,12-15,17-18,24-28H,9-11,16,19-23H2,1-4H3,(H3-,46,47,48,49,50,51,52,53,54,55,56)/p-2. The van der Waals surface area contributed by atoms with E-state index in [0.717, 1.165) is 33.5 Å². The molecule has 3 aromatic rings. The number of hydrogen-bond donors (Lipinski definition) is 1. The van der Waals surface area contributed by atoms with Crippen molar-refractivity contribution in [3.05, 3.63) is 113 Å². The molecule has 3 heterocycles. The summed E-state index contributed by atoms with van der Waals surface area (Å²) in [6, 6.07) is 17.3. The third-order valence-corrected chi connectivity index (χ3v) is 13.5. The van der Waals surface area contributed by atoms with Crippen LogP contribution in [0.2, 0.25) is 0 Å². The molecule has 0 fully saturated rings. The minimum Gasteiger partial charge on any atom is -0.748 e. The van der Waals surface area contributed by atoms with Crippen molar-refractivity contribution in [2.75, 3.05) is 29.5 Å². The number of aliphatic carboxylic acids is 1. The van der Waals surface area contributed by atoms with E-state index < -0.39 is 63.7 Å². The van der Waals surface area contributed by atoms with Crippen LogP contribution in [0.3, 0.4) is 0 Å². The number of carboxylic acids is 1. The molecule has 3 aliphatic rings. The number of ether oxygens (including phenoxy) is 1. The lowest BCUT2D eigenvalue weighted by atomic mass is 9.75. The maximum Gasteiger partial charge on any atom is 0.303 e. The van der Waals surface area contributed by atoms with Crippen LogP contribution in [0.25, 0.3) is 16.9 Å². The second-order valence-electron chi connectivity index (χ2n) is 15.9. The number of carbonyl (C=O) groups is 1. The molecule has 3 aromatic carbocycles. The Hall–Kier alpha value is -4.91. The highest BCUT2D eigenvalue weighted by atomic mass is 32.2. The van der Waals surface area contributed by atoms with Crippen molar-refractivity contribution in [2.24, 2.45) is 0 Å². The molecule has 0 saturated heterocycles. The summed E-state index contributed by atoms with van der Waals surface area (Å²) in [7, 11) is -13.9. The highest BCUT2D eigenvalue weighted by molar-refractivity contribution is 7.86. The lowest BCUT2D eigenvalue weighted by Gasteiger charge is -2.44. The Morgan fingerprint density at radius 3 is 2.22 bits per heavy atom. The summed E-state index contributed by atoms with van der Waals surface area (Å²) >= 11 is 0. The first-order valence-corrected chi connectivity index (χ1v) is 23.9. The SMILES string of the molecule is CC1=CC(C)(C)N(CCCS(=O)(=O)[O-])c2cc3c(cc21)C(=CC=CC1=[N+](CCCS(=O)(=O)[O-])c2ccc(S(=O)(=O)[O-])cc2C1(C)CCCC(=O)O)C=C(c1ccccc1)O3. The Kier molecular flexibility index (Phi) is 12.5. The van der Waals surface area contributed by atoms with Gasteiger partial charge in [-0.05, 0) is 82.4 Å². The number of allylic oxidation sites excluding steroid dienone is 6. The van der Waals surface area contributed by atoms with E-state index in [2.05, 4.69) is 11.0 Å². The fraction of sp³-hybridized carbons (Fsp3) is 0.349. The predicted molar refractivity (Wildman–Crippen MR) is 225 cm³/mol. The predicted octanol–water partition coefficient (Wildman–Crippen LogP) is 6.15. The Bertz CT molecular complexity index is 2720. The molecule has 320 valence electrons. The van der Waals surface area contributed by atoms with Crippen LogP contribution in [0.4, 0.5) is 11.4 Å². The summed E-state index contributed by atoms with van der Waals surface area (Å²) in [5.41, 5.74) is 4.87. The second kappa shape index (κ2) is 16.9. The van der Waals surface area contributed by atoms with E-state index >= 15 is 0 Å². The molecule has 0 aromatic heterocycles. The Morgan fingerprint density at radius 1 is 0.883 bits per heavy atom. The number of benzene rings is 3. The average molecular weight is 879 g/mol. The van der Waals surface area contributed by atoms with Gasteiger partial charge >= 0.3 is 5.97 Å². The first-order valence-electron chi connectivity index (χ1n) is 19.3. The van der Waals surface area contributed by atoms with Gasteiger partial charge in [-0.25, -0.2) is 25.3 Å². The lowest BCUT2D eigenvalue weighted by Crippen LogP contribution is -2.46. The van der Waals surface area contributed by atoms with E-state index in [1.807, 2.05) is 82.3 Å². The Labute approximate surface area is 351 Å². The van der Waals surface area contributed by atoms with Crippen molar-refractivity contribution in [1.82, 2.24) is 0 Å². The van der Waals surface area contributed by atoms with Gasteiger partial charge in [0, 0.05) is 77.0 Å². The molecule has 0 bridgehead atoms. The van der Waals surface area contributed by atoms with Gasteiger partial charge in [-0.3, -0.25) is 4.79 Å². The van der Waals surface area contributed by atoms with Crippen LogP contribution in [0.1, 0.15) is 82.1 Å². The normalized spacial score (nSPS) is 19.4. The average Bonchev–Trinajstić information content (AvgIpc) is 3.36. The largest absolute Gasteiger partial charge is 0.748 e. The Morgan fingerprint density at radius 2 is 1.57 bits per heavy atom. The van der Waals surface area contributed by atoms with Crippen LogP contribution in [0.15, 0.2) is 95.9 Å². The van der Waals surface area contributed by atoms with Crippen molar-refractivity contribution >= 4 is 70.3 Å². The molecule has 1 atom stereocenters. The van der Waals surface area contributed by atoms with Gasteiger partial charge in [0.25, 0.3) is 0 Å². The molecule has 6 rings (SSSR count). The van der Waals surface area contributed by atoms with E-state index in [4.69, 9.17) is 4.74 Å². The molecule has 1 unspecified atom stereocenters. The van der Waals surface area contributed by atoms with E-state index in [9.17, 15) is 48.8 Å². The summed E-state index contributed by atoms with van der Waals surface area (Å²) in [5, 5.41) is 9.49. The molecule has 14 nitrogen and oxygen atoms in total. The fourth-order valence-corrected chi connectivity index (χ4v) is 9.86. The van der Waals surface area contributed by atoms with Crippen LogP contribution in [0.5, 0.6) is 5.75 Å². The number of fused-ring (bicyclic) bond motifs is 3. The summed E-state index contributed by atoms with van der Waals surface area (Å²) in [6.07, 6.45) is 9.69. The van der Waals surface area contributed by atoms with Gasteiger partial charge in [-0.2, -0.15) is 4.58 Å². The maximum absolute atomic E-state index is 12.2. The first-order chi connectivity index (χ1) is 28.0. The molecule has 3 aliphatic heterocycles. The number of nitrogens with zero attached hydrogens (tertiary/aromatic N) is 2. The van der Waals surface area contributed by atoms with E-state index in [0.29, 0.717) is 35.0 Å². The van der Waals surface area contributed by atoms with Crippen molar-refractivity contribution in [3.63, 3.8) is 0 Å². The van der Waals surface area contributed by atoms with Gasteiger partial charge in [0.1, 0.15) is 28.2 Å². The number of rotatable bonds is 16. The van der Waals surface area contributed by atoms with Gasteiger partial charge in [-0.15, -0.1) is 0 Å². The molecule has 0 spiro atoms. The summed E-state index contributed by atoms with van der Waals surface area (Å²) < 4.78 is 114. The van der Waals surface area contributed by atoms with E-state index in [1.165, 1.54) is 18.2 Å². The molecule has 0 radical (unpaired) electrons. The molecule has 0 aliphatic carbocycles. The quantitative estimate of drug-likeness (QED) is 0.126. The lowest BCUT2D eigenvalue weighted by molar-refractivity contribution is -0.437. The third-order valence-electron chi connectivity index (χ3n) is 11.1. The van der Waals surface area contributed by atoms with Gasteiger partial charge in [0.2, 0.25) is 5.69 Å². The smallest absolute Gasteiger partial charge is 0.303 e. The van der Waals surface area contributed by atoms with Gasteiger partial charge in [-0.1, -0.05) is 48.6 Å². The van der Waals surface area contributed by atoms with Crippen LogP contribution < -0.4 is 9.64 Å². The van der Waals surface area contributed by atoms with Gasteiger partial charge in [0.05, 0.1) is 36.1 Å². The number of hydrogen-bond acceptors (Lipinski definition) is 12.